The van der Waals surface area contributed by atoms with Crippen LogP contribution in [-0.4, -0.2) is 61.9 Å². The summed E-state index contributed by atoms with van der Waals surface area (Å²) in [4.78, 5) is 4.43. The molecule has 2 aliphatic rings. The van der Waals surface area contributed by atoms with Crippen molar-refractivity contribution < 1.29 is 17.9 Å². The predicted octanol–water partition coefficient (Wildman–Crippen LogP) is 4.91. The van der Waals surface area contributed by atoms with Crippen LogP contribution in [0, 0.1) is 11.8 Å². The van der Waals surface area contributed by atoms with Gasteiger partial charge in [-0.1, -0.05) is 36.1 Å². The molecule has 0 unspecified atom stereocenters. The molecule has 0 aliphatic carbocycles. The van der Waals surface area contributed by atoms with Gasteiger partial charge < -0.3 is 9.64 Å². The van der Waals surface area contributed by atoms with E-state index in [1.807, 2.05) is 41.3 Å². The average molecular weight is 443 g/mol. The zero-order chi connectivity index (χ0) is 22.6. The lowest BCUT2D eigenvalue weighted by Gasteiger charge is -2.51. The monoisotopic (exact) mass is 442 g/mol. The highest BCUT2D eigenvalue weighted by Crippen LogP contribution is 2.36. The van der Waals surface area contributed by atoms with Crippen molar-refractivity contribution in [2.45, 2.75) is 37.4 Å². The second kappa shape index (κ2) is 9.97. The normalized spacial score (nSPS) is 22.0. The Morgan fingerprint density at radius 3 is 2.47 bits per heavy atom. The molecule has 0 N–H and O–H groups in total. The molecule has 2 aromatic rings. The zero-order valence-electron chi connectivity index (χ0n) is 18.4. The summed E-state index contributed by atoms with van der Waals surface area (Å²) in [5, 5.41) is 0. The Morgan fingerprint density at radius 1 is 0.969 bits per heavy atom. The Hall–Kier alpha value is -2.49. The number of para-hydroxylation sites is 1. The molecule has 6 heteroatoms. The summed E-state index contributed by atoms with van der Waals surface area (Å²) in [5.41, 5.74) is 3.02. The fourth-order valence-corrected chi connectivity index (χ4v) is 4.65. The number of alkyl halides is 3. The Morgan fingerprint density at radius 2 is 1.72 bits per heavy atom. The molecule has 2 heterocycles. The Bertz CT molecular complexity index is 962. The molecule has 4 rings (SSSR count). The van der Waals surface area contributed by atoms with Crippen LogP contribution >= 0.6 is 0 Å². The van der Waals surface area contributed by atoms with Gasteiger partial charge in [-0.25, -0.2) is 0 Å². The minimum absolute atomic E-state index is 0.0953. The number of methoxy groups -OCH3 is 1. The van der Waals surface area contributed by atoms with Crippen LogP contribution in [0.15, 0.2) is 48.5 Å². The zero-order valence-corrected chi connectivity index (χ0v) is 18.4. The Labute approximate surface area is 188 Å². The van der Waals surface area contributed by atoms with Crippen LogP contribution < -0.4 is 4.74 Å². The first kappa shape index (κ1) is 22.7. The summed E-state index contributed by atoms with van der Waals surface area (Å²) in [6, 6.07) is 16.3. The van der Waals surface area contributed by atoms with E-state index < -0.39 is 12.6 Å². The van der Waals surface area contributed by atoms with Crippen molar-refractivity contribution in [2.75, 3.05) is 39.8 Å². The molecular weight excluding hydrogens is 413 g/mol. The maximum atomic E-state index is 12.7. The lowest BCUT2D eigenvalue weighted by Crippen LogP contribution is -2.60. The molecular formula is C26H29F3N2O. The molecule has 0 saturated carbocycles. The fourth-order valence-electron chi connectivity index (χ4n) is 4.65. The molecule has 0 bridgehead atoms. The minimum atomic E-state index is -4.10. The van der Waals surface area contributed by atoms with Crippen molar-refractivity contribution in [3.8, 4) is 17.6 Å². The van der Waals surface area contributed by atoms with Crippen molar-refractivity contribution in [3.05, 3.63) is 65.2 Å². The molecule has 0 aromatic heterocycles. The highest BCUT2D eigenvalue weighted by atomic mass is 19.4. The van der Waals surface area contributed by atoms with Crippen molar-refractivity contribution in [1.82, 2.24) is 9.80 Å². The van der Waals surface area contributed by atoms with Gasteiger partial charge in [0.15, 0.2) is 0 Å². The third-order valence-electron chi connectivity index (χ3n) is 6.48. The van der Waals surface area contributed by atoms with Crippen molar-refractivity contribution in [2.24, 2.45) is 0 Å². The smallest absolute Gasteiger partial charge is 0.390 e. The van der Waals surface area contributed by atoms with Gasteiger partial charge in [-0.3, -0.25) is 4.90 Å². The maximum Gasteiger partial charge on any atom is 0.390 e. The van der Waals surface area contributed by atoms with E-state index in [2.05, 4.69) is 28.9 Å². The van der Waals surface area contributed by atoms with Gasteiger partial charge in [0.25, 0.3) is 0 Å². The second-order valence-corrected chi connectivity index (χ2v) is 8.61. The van der Waals surface area contributed by atoms with E-state index in [-0.39, 0.29) is 12.6 Å². The predicted molar refractivity (Wildman–Crippen MR) is 120 cm³/mol. The summed E-state index contributed by atoms with van der Waals surface area (Å²) in [6.45, 7) is 3.57. The highest BCUT2D eigenvalue weighted by molar-refractivity contribution is 5.50. The van der Waals surface area contributed by atoms with Gasteiger partial charge in [0, 0.05) is 37.2 Å². The maximum absolute atomic E-state index is 12.7. The quantitative estimate of drug-likeness (QED) is 0.626. The minimum Gasteiger partial charge on any atom is -0.495 e. The van der Waals surface area contributed by atoms with E-state index in [0.717, 1.165) is 49.4 Å². The summed E-state index contributed by atoms with van der Waals surface area (Å²) >= 11 is 0. The molecule has 3 nitrogen and oxygen atoms in total. The number of rotatable bonds is 4. The molecule has 0 amide bonds. The van der Waals surface area contributed by atoms with Gasteiger partial charge in [-0.15, -0.1) is 0 Å². The van der Waals surface area contributed by atoms with Crippen molar-refractivity contribution >= 4 is 0 Å². The van der Waals surface area contributed by atoms with Crippen LogP contribution in [0.1, 0.15) is 41.9 Å². The lowest BCUT2D eigenvalue weighted by atomic mass is 9.81. The molecule has 2 atom stereocenters. The topological polar surface area (TPSA) is 15.7 Å². The lowest BCUT2D eigenvalue weighted by molar-refractivity contribution is -0.139. The number of halogens is 3. The molecule has 2 aromatic carbocycles. The van der Waals surface area contributed by atoms with Gasteiger partial charge >= 0.3 is 6.18 Å². The second-order valence-electron chi connectivity index (χ2n) is 8.61. The van der Waals surface area contributed by atoms with Gasteiger partial charge in [0.2, 0.25) is 0 Å². The summed E-state index contributed by atoms with van der Waals surface area (Å²) in [7, 11) is 1.64. The SMILES string of the molecule is COc1ccccc1C#Cc1ccc([C@@H]2CN3CCCCN(CCC(F)(F)F)C[C@H]23)cc1. The third-order valence-corrected chi connectivity index (χ3v) is 6.48. The van der Waals surface area contributed by atoms with Gasteiger partial charge in [0.1, 0.15) is 5.75 Å². The number of hydrogen-bond donors (Lipinski definition) is 0. The molecule has 0 spiro atoms. The van der Waals surface area contributed by atoms with Crippen LogP contribution in [0.5, 0.6) is 5.75 Å². The summed E-state index contributed by atoms with van der Waals surface area (Å²) in [5.74, 6) is 7.48. The molecule has 170 valence electrons. The van der Waals surface area contributed by atoms with E-state index >= 15 is 0 Å². The third kappa shape index (κ3) is 5.65. The van der Waals surface area contributed by atoms with Crippen molar-refractivity contribution in [1.29, 1.82) is 0 Å². The van der Waals surface area contributed by atoms with Crippen LogP contribution in [0.3, 0.4) is 0 Å². The van der Waals surface area contributed by atoms with Crippen LogP contribution in [0.25, 0.3) is 0 Å². The largest absolute Gasteiger partial charge is 0.495 e. The van der Waals surface area contributed by atoms with E-state index in [1.54, 1.807) is 7.11 Å². The Kier molecular flexibility index (Phi) is 7.07. The standard InChI is InChI=1S/C26H29F3N2O/c1-32-25-7-3-2-6-22(25)13-10-20-8-11-21(12-9-20)23-18-31-16-5-4-15-30(19-24(23)31)17-14-26(27,28)29/h2-3,6-9,11-12,23-24H,4-5,14-19H2,1H3/t23-,24+/m0/s1. The summed E-state index contributed by atoms with van der Waals surface area (Å²) < 4.78 is 43.5. The summed E-state index contributed by atoms with van der Waals surface area (Å²) in [6.07, 6.45) is -2.82. The van der Waals surface area contributed by atoms with E-state index in [9.17, 15) is 13.2 Å². The first-order chi connectivity index (χ1) is 15.4. The first-order valence-corrected chi connectivity index (χ1v) is 11.2. The molecule has 2 saturated heterocycles. The molecule has 2 fully saturated rings. The number of nitrogens with zero attached hydrogens (tertiary/aromatic N) is 2. The number of hydrogen-bond acceptors (Lipinski definition) is 3. The van der Waals surface area contributed by atoms with Crippen LogP contribution in [0.2, 0.25) is 0 Å². The van der Waals surface area contributed by atoms with E-state index in [1.165, 1.54) is 5.56 Å². The van der Waals surface area contributed by atoms with Crippen LogP contribution in [0.4, 0.5) is 13.2 Å². The van der Waals surface area contributed by atoms with Crippen LogP contribution in [-0.2, 0) is 0 Å². The molecule has 2 aliphatic heterocycles. The number of ether oxygens (including phenoxy) is 1. The van der Waals surface area contributed by atoms with E-state index in [4.69, 9.17) is 4.74 Å². The highest BCUT2D eigenvalue weighted by Gasteiger charge is 2.41. The number of fused-ring (bicyclic) bond motifs is 1. The van der Waals surface area contributed by atoms with Gasteiger partial charge in [-0.2, -0.15) is 13.2 Å². The molecule has 32 heavy (non-hydrogen) atoms. The molecule has 0 radical (unpaired) electrons. The Balaban J connectivity index is 1.42. The van der Waals surface area contributed by atoms with Gasteiger partial charge in [-0.05, 0) is 55.8 Å². The van der Waals surface area contributed by atoms with Crippen molar-refractivity contribution in [3.63, 3.8) is 0 Å². The van der Waals surface area contributed by atoms with Gasteiger partial charge in [0.05, 0.1) is 19.1 Å². The average Bonchev–Trinajstić information content (AvgIpc) is 2.77. The number of benzene rings is 2. The first-order valence-electron chi connectivity index (χ1n) is 11.2. The fraction of sp³-hybridized carbons (Fsp3) is 0.462. The van der Waals surface area contributed by atoms with E-state index in [0.29, 0.717) is 12.5 Å².